The Morgan fingerprint density at radius 1 is 0.950 bits per heavy atom. The fourth-order valence-corrected chi connectivity index (χ4v) is 1.68. The summed E-state index contributed by atoms with van der Waals surface area (Å²) in [6.45, 7) is -1.10. The van der Waals surface area contributed by atoms with Crippen molar-refractivity contribution in [1.29, 1.82) is 0 Å². The summed E-state index contributed by atoms with van der Waals surface area (Å²) in [4.78, 5) is 0. The zero-order chi connectivity index (χ0) is 15.7. The van der Waals surface area contributed by atoms with Crippen molar-refractivity contribution < 1.29 is 41.7 Å². The van der Waals surface area contributed by atoms with Crippen molar-refractivity contribution in [3.63, 3.8) is 0 Å². The van der Waals surface area contributed by atoms with Crippen LogP contribution in [-0.2, 0) is 12.4 Å². The van der Waals surface area contributed by atoms with E-state index >= 15 is 0 Å². The van der Waals surface area contributed by atoms with Crippen molar-refractivity contribution in [1.82, 2.24) is 0 Å². The van der Waals surface area contributed by atoms with Crippen LogP contribution in [0.25, 0.3) is 0 Å². The molecule has 3 nitrogen and oxygen atoms in total. The van der Waals surface area contributed by atoms with E-state index in [1.54, 1.807) is 0 Å². The van der Waals surface area contributed by atoms with E-state index in [4.69, 9.17) is 10.2 Å². The van der Waals surface area contributed by atoms with Gasteiger partial charge < -0.3 is 15.3 Å². The molecule has 0 aromatic heterocycles. The summed E-state index contributed by atoms with van der Waals surface area (Å²) in [5.74, 6) is 0. The second-order valence-electron chi connectivity index (χ2n) is 3.96. The molecule has 0 amide bonds. The lowest BCUT2D eigenvalue weighted by Gasteiger charge is -2.23. The lowest BCUT2D eigenvalue weighted by molar-refractivity contribution is -0.163. The van der Waals surface area contributed by atoms with Crippen molar-refractivity contribution in [2.75, 3.05) is 6.61 Å². The Kier molecular flexibility index (Phi) is 4.67. The van der Waals surface area contributed by atoms with Crippen LogP contribution in [0.2, 0.25) is 0 Å². The molecule has 0 fully saturated rings. The molecule has 0 saturated heterocycles. The van der Waals surface area contributed by atoms with Crippen molar-refractivity contribution >= 4 is 0 Å². The molecular weight excluding hydrogens is 294 g/mol. The first-order valence-electron chi connectivity index (χ1n) is 5.24. The van der Waals surface area contributed by atoms with Crippen LogP contribution >= 0.6 is 0 Å². The first kappa shape index (κ1) is 16.7. The van der Waals surface area contributed by atoms with Gasteiger partial charge in [-0.2, -0.15) is 26.3 Å². The molecule has 114 valence electrons. The molecule has 0 aliphatic heterocycles. The van der Waals surface area contributed by atoms with Crippen LogP contribution in [0.15, 0.2) is 18.2 Å². The summed E-state index contributed by atoms with van der Waals surface area (Å²) >= 11 is 0. The third-order valence-corrected chi connectivity index (χ3v) is 2.56. The summed E-state index contributed by atoms with van der Waals surface area (Å²) in [6.07, 6.45) is -15.0. The Bertz CT molecular complexity index is 468. The predicted molar refractivity (Wildman–Crippen MR) is 54.5 cm³/mol. The molecule has 0 aliphatic rings. The molecular formula is C11H10F6O3. The molecule has 0 aliphatic carbocycles. The van der Waals surface area contributed by atoms with E-state index in [1.165, 1.54) is 0 Å². The first-order chi connectivity index (χ1) is 9.00. The highest BCUT2D eigenvalue weighted by Gasteiger charge is 2.46. The third-order valence-electron chi connectivity index (χ3n) is 2.56. The van der Waals surface area contributed by atoms with Crippen molar-refractivity contribution in [2.24, 2.45) is 0 Å². The molecule has 1 aromatic carbocycles. The van der Waals surface area contributed by atoms with Crippen LogP contribution in [0.4, 0.5) is 26.3 Å². The molecule has 2 unspecified atom stereocenters. The maximum absolute atomic E-state index is 12.8. The number of aliphatic hydroxyl groups excluding tert-OH is 3. The monoisotopic (exact) mass is 304 g/mol. The Morgan fingerprint density at radius 3 is 1.90 bits per heavy atom. The summed E-state index contributed by atoms with van der Waals surface area (Å²) in [5.41, 5.74) is -5.19. The van der Waals surface area contributed by atoms with Gasteiger partial charge in [-0.15, -0.1) is 0 Å². The van der Waals surface area contributed by atoms with E-state index in [-0.39, 0.29) is 6.07 Å². The van der Waals surface area contributed by atoms with Gasteiger partial charge in [0.2, 0.25) is 0 Å². The van der Waals surface area contributed by atoms with E-state index in [9.17, 15) is 31.4 Å². The minimum absolute atomic E-state index is 0.227. The van der Waals surface area contributed by atoms with Crippen LogP contribution in [0.1, 0.15) is 22.8 Å². The summed E-state index contributed by atoms with van der Waals surface area (Å²) in [7, 11) is 0. The zero-order valence-electron chi connectivity index (χ0n) is 9.70. The lowest BCUT2D eigenvalue weighted by Crippen LogP contribution is -2.27. The van der Waals surface area contributed by atoms with Crippen LogP contribution < -0.4 is 0 Å². The Labute approximate surface area is 109 Å². The molecule has 2 atom stereocenters. The molecule has 0 bridgehead atoms. The highest BCUT2D eigenvalue weighted by Crippen LogP contribution is 2.43. The molecule has 1 aromatic rings. The number of aliphatic hydroxyl groups is 3. The largest absolute Gasteiger partial charge is 0.417 e. The van der Waals surface area contributed by atoms with Gasteiger partial charge in [-0.1, -0.05) is 12.1 Å². The van der Waals surface area contributed by atoms with Gasteiger partial charge in [0.15, 0.2) is 0 Å². The standard InChI is InChI=1S/C11H10F6O3/c12-10(13,14)6-3-1-2-5(8(6)11(15,16)17)9(20)7(19)4-18/h1-3,7,9,18-20H,4H2. The first-order valence-corrected chi connectivity index (χ1v) is 5.24. The van der Waals surface area contributed by atoms with E-state index in [2.05, 4.69) is 0 Å². The van der Waals surface area contributed by atoms with Gasteiger partial charge in [0.25, 0.3) is 0 Å². The summed E-state index contributed by atoms with van der Waals surface area (Å²) < 4.78 is 76.3. The normalized spacial score (nSPS) is 16.1. The minimum Gasteiger partial charge on any atom is -0.394 e. The second-order valence-corrected chi connectivity index (χ2v) is 3.96. The average Bonchev–Trinajstić information content (AvgIpc) is 2.33. The van der Waals surface area contributed by atoms with Gasteiger partial charge in [-0.3, -0.25) is 0 Å². The van der Waals surface area contributed by atoms with E-state index in [0.29, 0.717) is 12.1 Å². The number of halogens is 6. The third kappa shape index (κ3) is 3.41. The minimum atomic E-state index is -5.38. The SMILES string of the molecule is OCC(O)C(O)c1cccc(C(F)(F)F)c1C(F)(F)F. The van der Waals surface area contributed by atoms with E-state index in [0.717, 1.165) is 0 Å². The molecule has 20 heavy (non-hydrogen) atoms. The topological polar surface area (TPSA) is 60.7 Å². The highest BCUT2D eigenvalue weighted by atomic mass is 19.4. The zero-order valence-corrected chi connectivity index (χ0v) is 9.70. The summed E-state index contributed by atoms with van der Waals surface area (Å²) in [5, 5.41) is 27.1. The van der Waals surface area contributed by atoms with Crippen LogP contribution in [0.3, 0.4) is 0 Å². The van der Waals surface area contributed by atoms with Gasteiger partial charge in [0, 0.05) is 0 Å². The number of rotatable bonds is 3. The van der Waals surface area contributed by atoms with Crippen molar-refractivity contribution in [3.05, 3.63) is 34.9 Å². The maximum Gasteiger partial charge on any atom is 0.417 e. The van der Waals surface area contributed by atoms with Gasteiger partial charge in [0.05, 0.1) is 17.7 Å². The molecule has 9 heteroatoms. The van der Waals surface area contributed by atoms with E-state index < -0.39 is 47.9 Å². The van der Waals surface area contributed by atoms with E-state index in [1.807, 2.05) is 0 Å². The number of alkyl halides is 6. The van der Waals surface area contributed by atoms with Gasteiger partial charge in [0.1, 0.15) is 12.2 Å². The number of hydrogen-bond donors (Lipinski definition) is 3. The molecule has 0 saturated carbocycles. The van der Waals surface area contributed by atoms with Gasteiger partial charge >= 0.3 is 12.4 Å². The Balaban J connectivity index is 3.54. The second kappa shape index (κ2) is 5.58. The van der Waals surface area contributed by atoms with Crippen molar-refractivity contribution in [3.8, 4) is 0 Å². The number of benzene rings is 1. The highest BCUT2D eigenvalue weighted by molar-refractivity contribution is 5.41. The quantitative estimate of drug-likeness (QED) is 0.750. The fourth-order valence-electron chi connectivity index (χ4n) is 1.68. The Hall–Kier alpha value is -1.32. The average molecular weight is 304 g/mol. The van der Waals surface area contributed by atoms with Gasteiger partial charge in [-0.05, 0) is 11.6 Å². The summed E-state index contributed by atoms with van der Waals surface area (Å²) in [6, 6.07) is 1.52. The predicted octanol–water partition coefficient (Wildman–Crippen LogP) is 2.11. The smallest absolute Gasteiger partial charge is 0.394 e. The molecule has 3 N–H and O–H groups in total. The fraction of sp³-hybridized carbons (Fsp3) is 0.455. The molecule has 0 spiro atoms. The van der Waals surface area contributed by atoms with Crippen LogP contribution in [0.5, 0.6) is 0 Å². The molecule has 0 heterocycles. The van der Waals surface area contributed by atoms with Crippen LogP contribution in [0, 0.1) is 0 Å². The molecule has 0 radical (unpaired) electrons. The Morgan fingerprint density at radius 2 is 1.50 bits per heavy atom. The van der Waals surface area contributed by atoms with Gasteiger partial charge in [-0.25, -0.2) is 0 Å². The molecule has 1 rings (SSSR count). The lowest BCUT2D eigenvalue weighted by atomic mass is 9.94. The maximum atomic E-state index is 12.8. The van der Waals surface area contributed by atoms with Crippen molar-refractivity contribution in [2.45, 2.75) is 24.6 Å². The van der Waals surface area contributed by atoms with Crippen LogP contribution in [-0.4, -0.2) is 28.0 Å². The number of hydrogen-bond acceptors (Lipinski definition) is 3.